The topological polar surface area (TPSA) is 137 Å². The molecule has 0 saturated carbocycles. The molecular weight excluding hydrogens is 1560 g/mol. The molecule has 0 radical (unpaired) electrons. The van der Waals surface area contributed by atoms with E-state index in [-0.39, 0.29) is 5.75 Å². The number of aryl methyl sites for hydroxylation is 5. The second-order valence-electron chi connectivity index (χ2n) is 27.0. The van der Waals surface area contributed by atoms with E-state index in [0.717, 1.165) is 109 Å². The molecule has 0 N–H and O–H groups in total. The van der Waals surface area contributed by atoms with Gasteiger partial charge in [-0.2, -0.15) is 52.7 Å². The molecule has 5 heterocycles. The molecule has 16 nitrogen and oxygen atoms in total. The molecule has 30 heteroatoms. The van der Waals surface area contributed by atoms with Crippen LogP contribution >= 0.6 is 22.9 Å². The van der Waals surface area contributed by atoms with Gasteiger partial charge in [0.15, 0.2) is 5.75 Å². The van der Waals surface area contributed by atoms with Crippen LogP contribution in [-0.4, -0.2) is 111 Å². The minimum absolute atomic E-state index is 0.223. The third kappa shape index (κ3) is 30.2. The number of aromatic nitrogens is 8. The van der Waals surface area contributed by atoms with Crippen LogP contribution in [0.3, 0.4) is 0 Å². The average Bonchev–Trinajstić information content (AvgIpc) is 1.34. The Labute approximate surface area is 675 Å². The summed E-state index contributed by atoms with van der Waals surface area (Å²) in [5.74, 6) is 1.24. The summed E-state index contributed by atoms with van der Waals surface area (Å²) in [6.07, 6.45) is -2.10. The van der Waals surface area contributed by atoms with Crippen molar-refractivity contribution in [3.63, 3.8) is 0 Å². The van der Waals surface area contributed by atoms with Crippen LogP contribution in [0, 0.1) is 20.8 Å². The number of ether oxygens (including phenoxy) is 4. The van der Waals surface area contributed by atoms with E-state index in [4.69, 9.17) is 30.5 Å². The number of rotatable bonds is 33. The van der Waals surface area contributed by atoms with Crippen molar-refractivity contribution in [3.8, 4) is 23.0 Å². The van der Waals surface area contributed by atoms with E-state index >= 15 is 0 Å². The zero-order valence-electron chi connectivity index (χ0n) is 64.4. The van der Waals surface area contributed by atoms with Gasteiger partial charge in [-0.25, -0.2) is 19.9 Å². The molecule has 7 aromatic carbocycles. The second kappa shape index (κ2) is 43.9. The number of thiazole rings is 1. The van der Waals surface area contributed by atoms with Crippen molar-refractivity contribution in [1.82, 2.24) is 58.6 Å². The highest BCUT2D eigenvalue weighted by Crippen LogP contribution is 2.34. The van der Waals surface area contributed by atoms with E-state index in [9.17, 15) is 52.7 Å². The minimum Gasteiger partial charge on any atom is -0.492 e. The smallest absolute Gasteiger partial charge is 0.451 e. The number of halogens is 13. The van der Waals surface area contributed by atoms with E-state index in [2.05, 4.69) is 107 Å². The van der Waals surface area contributed by atoms with Gasteiger partial charge in [0.25, 0.3) is 0 Å². The largest absolute Gasteiger partial charge is 0.492 e. The molecule has 0 atom stereocenters. The van der Waals surface area contributed by atoms with Gasteiger partial charge in [-0.15, -0.1) is 11.3 Å². The summed E-state index contributed by atoms with van der Waals surface area (Å²) in [5, 5.41) is 0.695. The van der Waals surface area contributed by atoms with Gasteiger partial charge < -0.3 is 28.1 Å². The van der Waals surface area contributed by atoms with Gasteiger partial charge in [-0.05, 0) is 157 Å². The standard InChI is InChI=1S/C22H23F3N4O.2C22H24F3N3O.C20H18ClF3N2OS/c1-17-6-2-3-8-19(17)16-29(15-18-7-4-9-26-12-18)10-5-11-30-20-13-27-21(28-14-20)22(23,24)25;1-17-5-3-4-6-18(17)14-28(15-20-13-26-16-27(20)2)11-12-29-21-9-7-19(8-10-21)22(23,24)25;1-17-5-3-4-6-18(17)15-28(16-21-26-11-12-27(21)2)13-14-29-20-9-7-19(8-10-20)22(23,24)25;21-19-4-2-1-3-15(19)12-26(13-18-11-25-14-28-18)9-10-27-17-7-5-16(6-8-17)20(22,23)24/h2-4,6-9,12-14H,5,10-11,15-16H2,1H3;3-10,13,16H,11-12,14-15H2,1-2H3;3-12H,13-16H2,1-2H3;1-8,11,14H,9-10,12-13H2. The lowest BCUT2D eigenvalue weighted by molar-refractivity contribution is -0.145. The molecule has 116 heavy (non-hydrogen) atoms. The predicted octanol–water partition coefficient (Wildman–Crippen LogP) is 20.2. The van der Waals surface area contributed by atoms with Crippen molar-refractivity contribution in [3.05, 3.63) is 332 Å². The minimum atomic E-state index is -4.55. The second-order valence-corrected chi connectivity index (χ2v) is 28.4. The van der Waals surface area contributed by atoms with Crippen molar-refractivity contribution >= 4 is 22.9 Å². The maximum Gasteiger partial charge on any atom is 0.451 e. The number of nitrogens with zero attached hydrogens (tertiary/aromatic N) is 12. The van der Waals surface area contributed by atoms with Gasteiger partial charge in [0.05, 0.1) is 59.8 Å². The molecule has 0 fully saturated rings. The normalized spacial score (nSPS) is 11.7. The van der Waals surface area contributed by atoms with E-state index in [1.165, 1.54) is 69.8 Å². The third-order valence-corrected chi connectivity index (χ3v) is 19.4. The maximum atomic E-state index is 12.7. The first-order chi connectivity index (χ1) is 55.5. The Morgan fingerprint density at radius 3 is 1.22 bits per heavy atom. The molecule has 5 aromatic heterocycles. The van der Waals surface area contributed by atoms with Crippen LogP contribution in [0.4, 0.5) is 52.7 Å². The maximum absolute atomic E-state index is 12.7. The van der Waals surface area contributed by atoms with E-state index in [1.54, 1.807) is 35.6 Å². The number of alkyl halides is 12. The number of hydrogen-bond donors (Lipinski definition) is 0. The Kier molecular flexibility index (Phi) is 33.7. The van der Waals surface area contributed by atoms with E-state index < -0.39 is 47.2 Å². The molecule has 0 saturated heterocycles. The molecule has 0 aliphatic heterocycles. The summed E-state index contributed by atoms with van der Waals surface area (Å²) in [6, 6.07) is 50.5. The third-order valence-electron chi connectivity index (χ3n) is 18.2. The molecule has 0 unspecified atom stereocenters. The van der Waals surface area contributed by atoms with Crippen LogP contribution in [0.1, 0.15) is 89.8 Å². The molecular formula is C86H89ClF12N12O4S. The first-order valence-electron chi connectivity index (χ1n) is 36.8. The van der Waals surface area contributed by atoms with Crippen LogP contribution in [0.2, 0.25) is 5.02 Å². The molecule has 12 aromatic rings. The van der Waals surface area contributed by atoms with Crippen LogP contribution in [0.25, 0.3) is 0 Å². The number of benzene rings is 7. The highest BCUT2D eigenvalue weighted by molar-refractivity contribution is 7.09. The van der Waals surface area contributed by atoms with Crippen LogP contribution in [-0.2, 0) is 91.2 Å². The summed E-state index contributed by atoms with van der Waals surface area (Å²) in [4.78, 5) is 33.5. The van der Waals surface area contributed by atoms with Crippen molar-refractivity contribution in [2.45, 2.75) is 104 Å². The quantitative estimate of drug-likeness (QED) is 0.0285. The van der Waals surface area contributed by atoms with Gasteiger partial charge in [-0.3, -0.25) is 29.6 Å². The predicted molar refractivity (Wildman–Crippen MR) is 422 cm³/mol. The first-order valence-corrected chi connectivity index (χ1v) is 38.1. The molecule has 0 aliphatic rings. The molecule has 0 aliphatic carbocycles. The summed E-state index contributed by atoms with van der Waals surface area (Å²) in [5.41, 5.74) is 10.3. The molecule has 0 amide bonds. The highest BCUT2D eigenvalue weighted by Gasteiger charge is 2.35. The fourth-order valence-electron chi connectivity index (χ4n) is 11.7. The Morgan fingerprint density at radius 2 is 0.819 bits per heavy atom. The Hall–Kier alpha value is -10.7. The highest BCUT2D eigenvalue weighted by atomic mass is 35.5. The Morgan fingerprint density at radius 1 is 0.379 bits per heavy atom. The van der Waals surface area contributed by atoms with E-state index in [0.29, 0.717) is 101 Å². The number of hydrogen-bond acceptors (Lipinski definition) is 15. The van der Waals surface area contributed by atoms with Crippen LogP contribution in [0.5, 0.6) is 23.0 Å². The van der Waals surface area contributed by atoms with Crippen LogP contribution in [0.15, 0.2) is 243 Å². The average molecular weight is 1650 g/mol. The lowest BCUT2D eigenvalue weighted by Gasteiger charge is -2.23. The lowest BCUT2D eigenvalue weighted by Crippen LogP contribution is -2.29. The van der Waals surface area contributed by atoms with Crippen LogP contribution < -0.4 is 18.9 Å². The fraction of sp³-hybridized carbons (Fsp3) is 0.302. The fourth-order valence-corrected chi connectivity index (χ4v) is 12.6. The van der Waals surface area contributed by atoms with E-state index in [1.807, 2.05) is 121 Å². The Balaban J connectivity index is 0.000000177. The monoisotopic (exact) mass is 1650 g/mol. The molecule has 12 rings (SSSR count). The van der Waals surface area contributed by atoms with Gasteiger partial charge in [0, 0.05) is 133 Å². The molecule has 0 bridgehead atoms. The number of pyridine rings is 1. The number of imidazole rings is 2. The summed E-state index contributed by atoms with van der Waals surface area (Å²) >= 11 is 7.84. The van der Waals surface area contributed by atoms with Gasteiger partial charge in [0.2, 0.25) is 5.82 Å². The van der Waals surface area contributed by atoms with Crippen molar-refractivity contribution in [1.29, 1.82) is 0 Å². The SMILES string of the molecule is Cc1ccccc1CN(CCCOc1cnc(C(F)(F)F)nc1)Cc1cccnc1.Cc1ccccc1CN(CCOc1ccc(C(F)(F)F)cc1)Cc1cncn1C.Cc1ccccc1CN(CCOc1ccc(C(F)(F)F)cc1)Cc1nccn1C.FC(F)(F)c1ccc(OCCN(Cc2cncs2)Cc2ccccc2Cl)cc1. The Bertz CT molecular complexity index is 4690. The zero-order chi connectivity index (χ0) is 83.1. The molecule has 0 spiro atoms. The van der Waals surface area contributed by atoms with Crippen molar-refractivity contribution < 1.29 is 71.6 Å². The first kappa shape index (κ1) is 89.2. The summed E-state index contributed by atoms with van der Waals surface area (Å²) in [7, 11) is 3.90. The zero-order valence-corrected chi connectivity index (χ0v) is 66.0. The van der Waals surface area contributed by atoms with Crippen molar-refractivity contribution in [2.24, 2.45) is 14.1 Å². The van der Waals surface area contributed by atoms with Gasteiger partial charge in [0.1, 0.15) is 42.9 Å². The van der Waals surface area contributed by atoms with Gasteiger partial charge >= 0.3 is 24.7 Å². The lowest BCUT2D eigenvalue weighted by atomic mass is 10.1. The van der Waals surface area contributed by atoms with Crippen molar-refractivity contribution in [2.75, 3.05) is 52.6 Å². The summed E-state index contributed by atoms with van der Waals surface area (Å²) < 4.78 is 178. The van der Waals surface area contributed by atoms with Gasteiger partial charge in [-0.1, -0.05) is 109 Å². The summed E-state index contributed by atoms with van der Waals surface area (Å²) in [6.45, 7) is 15.9. The molecule has 614 valence electrons.